The minimum atomic E-state index is -0.601. The topological polar surface area (TPSA) is 70.7 Å². The Balaban J connectivity index is 2.01. The Morgan fingerprint density at radius 2 is 2.00 bits per heavy atom. The minimum absolute atomic E-state index is 0.387. The Labute approximate surface area is 118 Å². The van der Waals surface area contributed by atoms with Gasteiger partial charge in [0.15, 0.2) is 0 Å². The molecule has 1 aromatic carbocycles. The lowest BCUT2D eigenvalue weighted by molar-refractivity contribution is -0.143. The van der Waals surface area contributed by atoms with E-state index in [1.54, 1.807) is 18.1 Å². The van der Waals surface area contributed by atoms with E-state index in [2.05, 4.69) is 10.6 Å². The predicted molar refractivity (Wildman–Crippen MR) is 75.2 cm³/mol. The fourth-order valence-corrected chi connectivity index (χ4v) is 2.11. The van der Waals surface area contributed by atoms with Gasteiger partial charge in [0.2, 0.25) is 0 Å². The minimum Gasteiger partial charge on any atom is -0.380 e. The molecule has 1 aliphatic rings. The molecule has 6 heteroatoms. The van der Waals surface area contributed by atoms with E-state index >= 15 is 0 Å². The first-order valence-corrected chi connectivity index (χ1v) is 6.60. The fourth-order valence-electron chi connectivity index (χ4n) is 2.11. The van der Waals surface area contributed by atoms with Gasteiger partial charge in [0.1, 0.15) is 0 Å². The number of para-hydroxylation sites is 1. The third kappa shape index (κ3) is 3.55. The van der Waals surface area contributed by atoms with E-state index in [-0.39, 0.29) is 0 Å². The van der Waals surface area contributed by atoms with E-state index in [0.29, 0.717) is 25.4 Å². The summed E-state index contributed by atoms with van der Waals surface area (Å²) in [5, 5.41) is 5.80. The summed E-state index contributed by atoms with van der Waals surface area (Å²) in [5.41, 5.74) is 1.46. The highest BCUT2D eigenvalue weighted by atomic mass is 16.5. The van der Waals surface area contributed by atoms with E-state index in [1.165, 1.54) is 0 Å². The second-order valence-corrected chi connectivity index (χ2v) is 4.59. The number of nitrogens with zero attached hydrogens (tertiary/aromatic N) is 1. The fraction of sp³-hybridized carbons (Fsp3) is 0.429. The van der Waals surface area contributed by atoms with Gasteiger partial charge in [-0.25, -0.2) is 0 Å². The van der Waals surface area contributed by atoms with E-state index < -0.39 is 11.8 Å². The van der Waals surface area contributed by atoms with Crippen LogP contribution in [0.1, 0.15) is 5.56 Å². The molecule has 0 saturated carbocycles. The largest absolute Gasteiger partial charge is 0.380 e. The van der Waals surface area contributed by atoms with Crippen molar-refractivity contribution in [1.82, 2.24) is 10.2 Å². The lowest BCUT2D eigenvalue weighted by atomic mass is 10.2. The molecule has 2 rings (SSSR count). The molecular formula is C14H19N3O3. The molecule has 0 unspecified atom stereocenters. The molecule has 2 amide bonds. The van der Waals surface area contributed by atoms with Gasteiger partial charge in [0.05, 0.1) is 6.61 Å². The molecule has 1 fully saturated rings. The highest BCUT2D eigenvalue weighted by Crippen LogP contribution is 2.15. The third-order valence-corrected chi connectivity index (χ3v) is 3.16. The van der Waals surface area contributed by atoms with Crippen molar-refractivity contribution in [3.63, 3.8) is 0 Å². The Morgan fingerprint density at radius 1 is 1.30 bits per heavy atom. The number of hydrogen-bond acceptors (Lipinski definition) is 4. The van der Waals surface area contributed by atoms with E-state index in [9.17, 15) is 9.59 Å². The predicted octanol–water partition coefficient (Wildman–Crippen LogP) is 0.203. The summed E-state index contributed by atoms with van der Waals surface area (Å²) in [6, 6.07) is 7.29. The summed E-state index contributed by atoms with van der Waals surface area (Å²) in [5.74, 6) is -1.09. The van der Waals surface area contributed by atoms with Crippen molar-refractivity contribution in [1.29, 1.82) is 0 Å². The van der Waals surface area contributed by atoms with Crippen molar-refractivity contribution in [2.45, 2.75) is 6.61 Å². The van der Waals surface area contributed by atoms with Crippen molar-refractivity contribution in [2.24, 2.45) is 0 Å². The smallest absolute Gasteiger partial charge is 0.313 e. The van der Waals surface area contributed by atoms with E-state index in [1.807, 2.05) is 18.2 Å². The number of amides is 2. The first-order valence-electron chi connectivity index (χ1n) is 6.60. The normalized spacial score (nSPS) is 14.9. The van der Waals surface area contributed by atoms with E-state index in [4.69, 9.17) is 4.74 Å². The van der Waals surface area contributed by atoms with Crippen LogP contribution in [-0.2, 0) is 20.9 Å². The second kappa shape index (κ2) is 7.02. The average Bonchev–Trinajstić information content (AvgIpc) is 2.49. The maximum Gasteiger partial charge on any atom is 0.313 e. The molecule has 108 valence electrons. The molecule has 20 heavy (non-hydrogen) atoms. The zero-order valence-electron chi connectivity index (χ0n) is 11.5. The van der Waals surface area contributed by atoms with Gasteiger partial charge in [0, 0.05) is 44.5 Å². The number of carbonyl (C=O) groups excluding carboxylic acids is 2. The number of methoxy groups -OCH3 is 1. The molecule has 0 aliphatic carbocycles. The molecule has 0 bridgehead atoms. The molecule has 1 heterocycles. The molecule has 2 N–H and O–H groups in total. The standard InChI is InChI=1S/C14H19N3O3/c1-20-10-11-4-2-3-5-12(11)16-13(18)14(19)17-8-6-15-7-9-17/h2-5,15H,6-10H2,1H3,(H,16,18). The lowest BCUT2D eigenvalue weighted by Gasteiger charge is -2.26. The van der Waals surface area contributed by atoms with Crippen LogP contribution in [0.2, 0.25) is 0 Å². The Hall–Kier alpha value is -1.92. The molecule has 0 atom stereocenters. The van der Waals surface area contributed by atoms with Crippen LogP contribution < -0.4 is 10.6 Å². The first-order chi connectivity index (χ1) is 9.72. The number of carbonyl (C=O) groups is 2. The zero-order chi connectivity index (χ0) is 14.4. The number of nitrogens with one attached hydrogen (secondary N) is 2. The molecule has 1 saturated heterocycles. The third-order valence-electron chi connectivity index (χ3n) is 3.16. The summed E-state index contributed by atoms with van der Waals surface area (Å²) < 4.78 is 5.07. The Kier molecular flexibility index (Phi) is 5.09. The number of rotatable bonds is 3. The Bertz CT molecular complexity index is 484. The summed E-state index contributed by atoms with van der Waals surface area (Å²) in [6.07, 6.45) is 0. The monoisotopic (exact) mass is 277 g/mol. The maximum atomic E-state index is 12.0. The van der Waals surface area contributed by atoms with Gasteiger partial charge in [-0.05, 0) is 6.07 Å². The molecule has 0 radical (unpaired) electrons. The van der Waals surface area contributed by atoms with E-state index in [0.717, 1.165) is 18.7 Å². The number of hydrogen-bond donors (Lipinski definition) is 2. The molecule has 0 aromatic heterocycles. The summed E-state index contributed by atoms with van der Waals surface area (Å²) >= 11 is 0. The van der Waals surface area contributed by atoms with Crippen molar-refractivity contribution in [2.75, 3.05) is 38.6 Å². The van der Waals surface area contributed by atoms with Crippen LogP contribution in [0.4, 0.5) is 5.69 Å². The van der Waals surface area contributed by atoms with Gasteiger partial charge >= 0.3 is 11.8 Å². The maximum absolute atomic E-state index is 12.0. The zero-order valence-corrected chi connectivity index (χ0v) is 11.5. The lowest BCUT2D eigenvalue weighted by Crippen LogP contribution is -2.49. The van der Waals surface area contributed by atoms with Gasteiger partial charge in [-0.1, -0.05) is 18.2 Å². The van der Waals surface area contributed by atoms with Crippen molar-refractivity contribution in [3.05, 3.63) is 29.8 Å². The van der Waals surface area contributed by atoms with Gasteiger partial charge < -0.3 is 20.3 Å². The molecule has 6 nitrogen and oxygen atoms in total. The van der Waals surface area contributed by atoms with Crippen molar-refractivity contribution in [3.8, 4) is 0 Å². The highest BCUT2D eigenvalue weighted by Gasteiger charge is 2.23. The Morgan fingerprint density at radius 3 is 2.70 bits per heavy atom. The van der Waals surface area contributed by atoms with Crippen LogP contribution in [-0.4, -0.2) is 50.0 Å². The van der Waals surface area contributed by atoms with Gasteiger partial charge in [-0.15, -0.1) is 0 Å². The summed E-state index contributed by atoms with van der Waals surface area (Å²) in [4.78, 5) is 25.6. The summed E-state index contributed by atoms with van der Waals surface area (Å²) in [6.45, 7) is 2.95. The quantitative estimate of drug-likeness (QED) is 0.775. The number of anilines is 1. The summed E-state index contributed by atoms with van der Waals surface area (Å²) in [7, 11) is 1.59. The van der Waals surface area contributed by atoms with Crippen LogP contribution in [0, 0.1) is 0 Å². The molecule has 1 aliphatic heterocycles. The van der Waals surface area contributed by atoms with Crippen molar-refractivity contribution < 1.29 is 14.3 Å². The highest BCUT2D eigenvalue weighted by molar-refractivity contribution is 6.39. The van der Waals surface area contributed by atoms with Crippen LogP contribution in [0.25, 0.3) is 0 Å². The molecule has 1 aromatic rings. The molecular weight excluding hydrogens is 258 g/mol. The number of piperazine rings is 1. The second-order valence-electron chi connectivity index (χ2n) is 4.59. The van der Waals surface area contributed by atoms with Crippen LogP contribution in [0.3, 0.4) is 0 Å². The average molecular weight is 277 g/mol. The van der Waals surface area contributed by atoms with Gasteiger partial charge in [0.25, 0.3) is 0 Å². The first kappa shape index (κ1) is 14.5. The van der Waals surface area contributed by atoms with Crippen LogP contribution in [0.15, 0.2) is 24.3 Å². The van der Waals surface area contributed by atoms with Gasteiger partial charge in [-0.2, -0.15) is 0 Å². The molecule has 0 spiro atoms. The number of ether oxygens (including phenoxy) is 1. The van der Waals surface area contributed by atoms with Crippen LogP contribution >= 0.6 is 0 Å². The number of benzene rings is 1. The van der Waals surface area contributed by atoms with Gasteiger partial charge in [-0.3, -0.25) is 9.59 Å². The van der Waals surface area contributed by atoms with Crippen LogP contribution in [0.5, 0.6) is 0 Å². The van der Waals surface area contributed by atoms with Crippen molar-refractivity contribution >= 4 is 17.5 Å². The SMILES string of the molecule is COCc1ccccc1NC(=O)C(=O)N1CCNCC1.